The van der Waals surface area contributed by atoms with Gasteiger partial charge in [0, 0.05) is 42.4 Å². The third-order valence-electron chi connectivity index (χ3n) is 3.79. The molecule has 0 saturated carbocycles. The van der Waals surface area contributed by atoms with Gasteiger partial charge in [-0.1, -0.05) is 4.68 Å². The molecule has 0 fully saturated rings. The van der Waals surface area contributed by atoms with Gasteiger partial charge in [-0.15, -0.1) is 0 Å². The first-order chi connectivity index (χ1) is 10.0. The van der Waals surface area contributed by atoms with Crippen LogP contribution < -0.4 is 14.6 Å². The maximum absolute atomic E-state index is 5.60. The lowest BCUT2D eigenvalue weighted by Gasteiger charge is -2.11. The van der Waals surface area contributed by atoms with Crippen molar-refractivity contribution in [2.75, 3.05) is 21.2 Å². The molecule has 108 valence electrons. The Kier molecular flexibility index (Phi) is 3.16. The van der Waals surface area contributed by atoms with Gasteiger partial charge in [0.25, 0.3) is 0 Å². The van der Waals surface area contributed by atoms with E-state index in [-0.39, 0.29) is 0 Å². The van der Waals surface area contributed by atoms with E-state index in [2.05, 4.69) is 34.4 Å². The summed E-state index contributed by atoms with van der Waals surface area (Å²) in [6, 6.07) is 8.36. The third-order valence-corrected chi connectivity index (χ3v) is 3.79. The highest BCUT2D eigenvalue weighted by molar-refractivity contribution is 6.10. The van der Waals surface area contributed by atoms with Crippen LogP contribution in [0.2, 0.25) is 0 Å². The zero-order chi connectivity index (χ0) is 15.1. The Balaban J connectivity index is 2.64. The lowest BCUT2D eigenvalue weighted by molar-refractivity contribution is -0.706. The van der Waals surface area contributed by atoms with E-state index in [1.165, 1.54) is 10.8 Å². The summed E-state index contributed by atoms with van der Waals surface area (Å²) in [4.78, 5) is 2.05. The largest absolute Gasteiger partial charge is 0.496 e. The smallest absolute Gasteiger partial charge is 0.240 e. The van der Waals surface area contributed by atoms with Crippen LogP contribution in [-0.2, 0) is 7.05 Å². The predicted octanol–water partition coefficient (Wildman–Crippen LogP) is 1.55. The summed E-state index contributed by atoms with van der Waals surface area (Å²) in [6.07, 6.45) is 2.12. The van der Waals surface area contributed by atoms with Crippen LogP contribution in [-0.4, -0.2) is 31.2 Å². The van der Waals surface area contributed by atoms with Gasteiger partial charge in [-0.25, -0.2) is 0 Å². The fourth-order valence-corrected chi connectivity index (χ4v) is 2.93. The zero-order valence-corrected chi connectivity index (χ0v) is 13.1. The Bertz CT molecular complexity index is 863. The van der Waals surface area contributed by atoms with E-state index in [1.54, 1.807) is 7.11 Å². The van der Waals surface area contributed by atoms with Gasteiger partial charge in [-0.2, -0.15) is 0 Å². The van der Waals surface area contributed by atoms with Gasteiger partial charge in [0.15, 0.2) is 7.05 Å². The number of aromatic nitrogens is 2. The molecule has 3 rings (SSSR count). The second-order valence-corrected chi connectivity index (χ2v) is 5.54. The van der Waals surface area contributed by atoms with Crippen molar-refractivity contribution in [3.05, 3.63) is 35.2 Å². The zero-order valence-electron chi connectivity index (χ0n) is 13.1. The minimum Gasteiger partial charge on any atom is -0.496 e. The van der Waals surface area contributed by atoms with E-state index in [9.17, 15) is 0 Å². The Morgan fingerprint density at radius 3 is 2.57 bits per heavy atom. The first kappa shape index (κ1) is 13.6. The fourth-order valence-electron chi connectivity index (χ4n) is 2.93. The molecule has 0 N–H and O–H groups in total. The van der Waals surface area contributed by atoms with Crippen molar-refractivity contribution in [1.29, 1.82) is 0 Å². The Morgan fingerprint density at radius 2 is 1.90 bits per heavy atom. The summed E-state index contributed by atoms with van der Waals surface area (Å²) < 4.78 is 7.54. The molecule has 0 aliphatic heterocycles. The highest BCUT2D eigenvalue weighted by Crippen LogP contribution is 2.30. The van der Waals surface area contributed by atoms with Gasteiger partial charge < -0.3 is 9.64 Å². The molecule has 0 amide bonds. The second kappa shape index (κ2) is 4.88. The number of benzene rings is 2. The molecule has 0 radical (unpaired) electrons. The molecule has 0 aliphatic rings. The van der Waals surface area contributed by atoms with Crippen molar-refractivity contribution in [3.8, 4) is 5.75 Å². The standard InChI is InChI=1S/C17H20N3O/c1-11-13-7-9-15(21-5)16-12(10-19(2)3)6-8-14(17(13)16)20(4)18-11/h6-10H,1-5H3/q+1. The van der Waals surface area contributed by atoms with Crippen LogP contribution in [0.5, 0.6) is 5.75 Å². The Morgan fingerprint density at radius 1 is 1.14 bits per heavy atom. The van der Waals surface area contributed by atoms with E-state index in [4.69, 9.17) is 4.74 Å². The topological polar surface area (TPSA) is 29.2 Å². The molecule has 2 aromatic carbocycles. The minimum atomic E-state index is 0.895. The highest BCUT2D eigenvalue weighted by Gasteiger charge is 2.18. The number of hydrogen-bond acceptors (Lipinski definition) is 3. The number of ether oxygens (including phenoxy) is 1. The molecule has 0 saturated heterocycles. The molecule has 1 aromatic heterocycles. The molecule has 21 heavy (non-hydrogen) atoms. The van der Waals surface area contributed by atoms with Gasteiger partial charge >= 0.3 is 0 Å². The molecule has 0 unspecified atom stereocenters. The SMILES string of the molecule is COc1ccc2c(C)n[n+](C)c3cc/c(=C\N(C)C)c1c23. The summed E-state index contributed by atoms with van der Waals surface area (Å²) in [5.74, 6) is 0.895. The molecule has 0 bridgehead atoms. The lowest BCUT2D eigenvalue weighted by atomic mass is 10.0. The first-order valence-electron chi connectivity index (χ1n) is 6.97. The highest BCUT2D eigenvalue weighted by atomic mass is 16.5. The van der Waals surface area contributed by atoms with E-state index >= 15 is 0 Å². The van der Waals surface area contributed by atoms with E-state index < -0.39 is 0 Å². The quantitative estimate of drug-likeness (QED) is 0.668. The van der Waals surface area contributed by atoms with Crippen molar-refractivity contribution in [1.82, 2.24) is 10.00 Å². The van der Waals surface area contributed by atoms with Gasteiger partial charge in [0.2, 0.25) is 5.52 Å². The maximum atomic E-state index is 5.60. The molecule has 4 heteroatoms. The summed E-state index contributed by atoms with van der Waals surface area (Å²) in [5.41, 5.74) is 2.14. The molecule has 0 atom stereocenters. The first-order valence-corrected chi connectivity index (χ1v) is 6.97. The summed E-state index contributed by atoms with van der Waals surface area (Å²) >= 11 is 0. The lowest BCUT2D eigenvalue weighted by Crippen LogP contribution is -2.35. The molecular weight excluding hydrogens is 262 g/mol. The number of methoxy groups -OCH3 is 1. The van der Waals surface area contributed by atoms with Crippen LogP contribution >= 0.6 is 0 Å². The monoisotopic (exact) mass is 282 g/mol. The van der Waals surface area contributed by atoms with Gasteiger partial charge in [0.05, 0.1) is 12.5 Å². The minimum absolute atomic E-state index is 0.895. The van der Waals surface area contributed by atoms with Crippen LogP contribution in [0.4, 0.5) is 0 Å². The number of rotatable bonds is 2. The van der Waals surface area contributed by atoms with Crippen molar-refractivity contribution in [3.63, 3.8) is 0 Å². The molecule has 0 spiro atoms. The van der Waals surface area contributed by atoms with Crippen molar-refractivity contribution >= 4 is 27.9 Å². The summed E-state index contributed by atoms with van der Waals surface area (Å²) in [5, 5.41) is 9.26. The molecule has 0 aliphatic carbocycles. The molecule has 4 nitrogen and oxygen atoms in total. The molecule has 3 aromatic rings. The van der Waals surface area contributed by atoms with E-state index in [0.717, 1.165) is 27.6 Å². The van der Waals surface area contributed by atoms with Crippen LogP contribution in [0.25, 0.3) is 27.9 Å². The van der Waals surface area contributed by atoms with Crippen LogP contribution in [0.15, 0.2) is 24.3 Å². The molecular formula is C17H20N3O+. The van der Waals surface area contributed by atoms with Gasteiger partial charge in [0.1, 0.15) is 11.4 Å². The third kappa shape index (κ3) is 2.07. The van der Waals surface area contributed by atoms with Crippen LogP contribution in [0.1, 0.15) is 5.69 Å². The maximum Gasteiger partial charge on any atom is 0.240 e. The summed E-state index contributed by atoms with van der Waals surface area (Å²) in [7, 11) is 7.76. The van der Waals surface area contributed by atoms with Crippen molar-refractivity contribution in [2.45, 2.75) is 6.92 Å². The average molecular weight is 282 g/mol. The number of hydrogen-bond donors (Lipinski definition) is 0. The average Bonchev–Trinajstić information content (AvgIpc) is 2.44. The molecule has 1 heterocycles. The van der Waals surface area contributed by atoms with Crippen LogP contribution in [0, 0.1) is 6.92 Å². The van der Waals surface area contributed by atoms with Gasteiger partial charge in [-0.05, 0) is 30.2 Å². The number of nitrogens with zero attached hydrogens (tertiary/aromatic N) is 3. The Labute approximate surface area is 124 Å². The van der Waals surface area contributed by atoms with Crippen molar-refractivity contribution in [2.24, 2.45) is 7.05 Å². The Hall–Kier alpha value is -2.36. The van der Waals surface area contributed by atoms with Crippen LogP contribution in [0.3, 0.4) is 0 Å². The van der Waals surface area contributed by atoms with Gasteiger partial charge in [-0.3, -0.25) is 0 Å². The fraction of sp³-hybridized carbons (Fsp3) is 0.294. The van der Waals surface area contributed by atoms with E-state index in [0.29, 0.717) is 0 Å². The normalized spacial score (nSPS) is 12.3. The summed E-state index contributed by atoms with van der Waals surface area (Å²) in [6.45, 7) is 2.04. The predicted molar refractivity (Wildman–Crippen MR) is 85.1 cm³/mol. The van der Waals surface area contributed by atoms with E-state index in [1.807, 2.05) is 38.8 Å². The number of aryl methyl sites for hydroxylation is 2. The second-order valence-electron chi connectivity index (χ2n) is 5.54. The van der Waals surface area contributed by atoms with Crippen molar-refractivity contribution < 1.29 is 9.42 Å².